The molecule has 0 N–H and O–H groups in total. The third-order valence-electron chi connectivity index (χ3n) is 2.67. The van der Waals surface area contributed by atoms with E-state index in [2.05, 4.69) is 4.98 Å². The largest absolute Gasteiger partial charge is 0.463 e. The van der Waals surface area contributed by atoms with E-state index in [9.17, 15) is 9.59 Å². The molecule has 5 heteroatoms. The van der Waals surface area contributed by atoms with Crippen molar-refractivity contribution in [1.82, 2.24) is 4.98 Å². The summed E-state index contributed by atoms with van der Waals surface area (Å²) in [6.45, 7) is 4.22. The van der Waals surface area contributed by atoms with Crippen LogP contribution in [0.25, 0.3) is 0 Å². The zero-order chi connectivity index (χ0) is 14.8. The van der Waals surface area contributed by atoms with Gasteiger partial charge < -0.3 is 9.47 Å². The summed E-state index contributed by atoms with van der Waals surface area (Å²) in [5.74, 6) is -0.934. The fourth-order valence-electron chi connectivity index (χ4n) is 1.58. The van der Waals surface area contributed by atoms with Gasteiger partial charge in [-0.25, -0.2) is 4.79 Å². The molecule has 1 rings (SSSR count). The third-order valence-corrected chi connectivity index (χ3v) is 2.67. The zero-order valence-electron chi connectivity index (χ0n) is 12.0. The molecule has 1 atom stereocenters. The van der Waals surface area contributed by atoms with Gasteiger partial charge in [0.25, 0.3) is 0 Å². The summed E-state index contributed by atoms with van der Waals surface area (Å²) in [4.78, 5) is 27.5. The predicted octanol–water partition coefficient (Wildman–Crippen LogP) is 2.81. The van der Waals surface area contributed by atoms with Crippen molar-refractivity contribution in [2.24, 2.45) is 0 Å². The lowest BCUT2D eigenvalue weighted by atomic mass is 10.1. The first-order valence-corrected chi connectivity index (χ1v) is 6.95. The van der Waals surface area contributed by atoms with Crippen LogP contribution in [0.15, 0.2) is 24.5 Å². The first-order chi connectivity index (χ1) is 9.69. The van der Waals surface area contributed by atoms with Crippen LogP contribution in [-0.2, 0) is 19.1 Å². The van der Waals surface area contributed by atoms with Crippen LogP contribution < -0.4 is 0 Å². The molecule has 1 aromatic heterocycles. The van der Waals surface area contributed by atoms with Gasteiger partial charge >= 0.3 is 11.9 Å². The molecule has 0 amide bonds. The standard InChI is InChI=1S/C15H21NO4/c1-3-5-11-19-15(18)14(20-13(17)6-4-2)12-7-9-16-10-8-12/h7-10,14H,3-6,11H2,1-2H3. The van der Waals surface area contributed by atoms with Gasteiger partial charge in [-0.2, -0.15) is 0 Å². The summed E-state index contributed by atoms with van der Waals surface area (Å²) in [6, 6.07) is 3.29. The van der Waals surface area contributed by atoms with Crippen molar-refractivity contribution >= 4 is 11.9 Å². The highest BCUT2D eigenvalue weighted by Gasteiger charge is 2.26. The minimum absolute atomic E-state index is 0.282. The lowest BCUT2D eigenvalue weighted by Gasteiger charge is -2.17. The highest BCUT2D eigenvalue weighted by molar-refractivity contribution is 5.80. The number of aromatic nitrogens is 1. The summed E-state index contributed by atoms with van der Waals surface area (Å²) in [7, 11) is 0. The van der Waals surface area contributed by atoms with Gasteiger partial charge in [0.15, 0.2) is 0 Å². The summed E-state index contributed by atoms with van der Waals surface area (Å²) in [5.41, 5.74) is 0.575. The molecule has 0 aromatic carbocycles. The van der Waals surface area contributed by atoms with E-state index in [1.807, 2.05) is 13.8 Å². The maximum absolute atomic E-state index is 12.0. The zero-order valence-corrected chi connectivity index (χ0v) is 12.0. The molecule has 0 saturated carbocycles. The Balaban J connectivity index is 2.73. The quantitative estimate of drug-likeness (QED) is 0.541. The maximum Gasteiger partial charge on any atom is 0.352 e. The Hall–Kier alpha value is -1.91. The molecule has 0 radical (unpaired) electrons. The molecule has 1 unspecified atom stereocenters. The Morgan fingerprint density at radius 2 is 1.90 bits per heavy atom. The van der Waals surface area contributed by atoms with E-state index in [0.717, 1.165) is 12.8 Å². The molecular weight excluding hydrogens is 258 g/mol. The average molecular weight is 279 g/mol. The van der Waals surface area contributed by atoms with E-state index < -0.39 is 18.0 Å². The van der Waals surface area contributed by atoms with Crippen LogP contribution in [0.1, 0.15) is 51.2 Å². The van der Waals surface area contributed by atoms with E-state index >= 15 is 0 Å². The van der Waals surface area contributed by atoms with Gasteiger partial charge in [0, 0.05) is 24.4 Å². The molecule has 5 nitrogen and oxygen atoms in total. The van der Waals surface area contributed by atoms with Gasteiger partial charge in [-0.3, -0.25) is 9.78 Å². The second kappa shape index (κ2) is 9.07. The van der Waals surface area contributed by atoms with Crippen molar-refractivity contribution in [3.05, 3.63) is 30.1 Å². The Morgan fingerprint density at radius 1 is 1.20 bits per heavy atom. The van der Waals surface area contributed by atoms with E-state index in [1.165, 1.54) is 0 Å². The summed E-state index contributed by atoms with van der Waals surface area (Å²) >= 11 is 0. The number of hydrogen-bond acceptors (Lipinski definition) is 5. The lowest BCUT2D eigenvalue weighted by Crippen LogP contribution is -2.22. The van der Waals surface area contributed by atoms with Gasteiger partial charge in [-0.15, -0.1) is 0 Å². The number of hydrogen-bond donors (Lipinski definition) is 0. The highest BCUT2D eigenvalue weighted by atomic mass is 16.6. The summed E-state index contributed by atoms with van der Waals surface area (Å²) < 4.78 is 10.4. The predicted molar refractivity (Wildman–Crippen MR) is 73.8 cm³/mol. The summed E-state index contributed by atoms with van der Waals surface area (Å²) in [6.07, 6.45) is 4.77. The fraction of sp³-hybridized carbons (Fsp3) is 0.533. The van der Waals surface area contributed by atoms with Gasteiger partial charge in [0.2, 0.25) is 6.10 Å². The Kier molecular flexibility index (Phi) is 7.32. The molecule has 0 aliphatic carbocycles. The van der Waals surface area contributed by atoms with Crippen LogP contribution in [0.4, 0.5) is 0 Å². The normalized spacial score (nSPS) is 11.7. The van der Waals surface area contributed by atoms with Crippen molar-refractivity contribution in [3.63, 3.8) is 0 Å². The number of pyridine rings is 1. The minimum Gasteiger partial charge on any atom is -0.463 e. The number of unbranched alkanes of at least 4 members (excludes halogenated alkanes) is 1. The lowest BCUT2D eigenvalue weighted by molar-refractivity contribution is -0.168. The highest BCUT2D eigenvalue weighted by Crippen LogP contribution is 2.19. The van der Waals surface area contributed by atoms with Gasteiger partial charge in [0.05, 0.1) is 6.61 Å². The van der Waals surface area contributed by atoms with Crippen molar-refractivity contribution < 1.29 is 19.1 Å². The Bertz CT molecular complexity index is 419. The molecule has 0 aliphatic rings. The van der Waals surface area contributed by atoms with Crippen LogP contribution in [0, 0.1) is 0 Å². The topological polar surface area (TPSA) is 65.5 Å². The Morgan fingerprint density at radius 3 is 2.50 bits per heavy atom. The van der Waals surface area contributed by atoms with E-state index in [0.29, 0.717) is 18.6 Å². The molecular formula is C15H21NO4. The van der Waals surface area contributed by atoms with Crippen molar-refractivity contribution in [1.29, 1.82) is 0 Å². The number of carbonyl (C=O) groups is 2. The van der Waals surface area contributed by atoms with Crippen LogP contribution in [0.2, 0.25) is 0 Å². The van der Waals surface area contributed by atoms with Gasteiger partial charge in [-0.05, 0) is 25.0 Å². The number of ether oxygens (including phenoxy) is 2. The molecule has 1 aromatic rings. The van der Waals surface area contributed by atoms with Crippen LogP contribution in [0.3, 0.4) is 0 Å². The first-order valence-electron chi connectivity index (χ1n) is 6.95. The number of carbonyl (C=O) groups excluding carboxylic acids is 2. The van der Waals surface area contributed by atoms with Crippen molar-refractivity contribution in [2.45, 2.75) is 45.6 Å². The molecule has 0 bridgehead atoms. The van der Waals surface area contributed by atoms with E-state index in [-0.39, 0.29) is 6.42 Å². The second-order valence-electron chi connectivity index (χ2n) is 4.42. The SMILES string of the molecule is CCCCOC(=O)C(OC(=O)CCC)c1ccncc1. The van der Waals surface area contributed by atoms with Crippen molar-refractivity contribution in [2.75, 3.05) is 6.61 Å². The Labute approximate surface area is 119 Å². The first kappa shape index (κ1) is 16.1. The van der Waals surface area contributed by atoms with E-state index in [4.69, 9.17) is 9.47 Å². The number of rotatable bonds is 8. The van der Waals surface area contributed by atoms with E-state index in [1.54, 1.807) is 24.5 Å². The monoisotopic (exact) mass is 279 g/mol. The third kappa shape index (κ3) is 5.38. The second-order valence-corrected chi connectivity index (χ2v) is 4.42. The molecule has 0 aliphatic heterocycles. The van der Waals surface area contributed by atoms with Gasteiger partial charge in [0.1, 0.15) is 0 Å². The molecule has 1 heterocycles. The smallest absolute Gasteiger partial charge is 0.352 e. The van der Waals surface area contributed by atoms with Crippen LogP contribution in [-0.4, -0.2) is 23.5 Å². The number of nitrogens with zero attached hydrogens (tertiary/aromatic N) is 1. The van der Waals surface area contributed by atoms with Crippen LogP contribution >= 0.6 is 0 Å². The van der Waals surface area contributed by atoms with Crippen LogP contribution in [0.5, 0.6) is 0 Å². The maximum atomic E-state index is 12.0. The summed E-state index contributed by atoms with van der Waals surface area (Å²) in [5, 5.41) is 0. The molecule has 0 saturated heterocycles. The van der Waals surface area contributed by atoms with Gasteiger partial charge in [-0.1, -0.05) is 20.3 Å². The molecule has 110 valence electrons. The number of esters is 2. The molecule has 0 spiro atoms. The molecule has 20 heavy (non-hydrogen) atoms. The minimum atomic E-state index is -1.01. The molecule has 0 fully saturated rings. The average Bonchev–Trinajstić information content (AvgIpc) is 2.46. The van der Waals surface area contributed by atoms with Crippen molar-refractivity contribution in [3.8, 4) is 0 Å². The fourth-order valence-corrected chi connectivity index (χ4v) is 1.58.